The lowest BCUT2D eigenvalue weighted by atomic mass is 10.3. The summed E-state index contributed by atoms with van der Waals surface area (Å²) >= 11 is 0. The van der Waals surface area contributed by atoms with Crippen molar-refractivity contribution >= 4 is 15.8 Å². The van der Waals surface area contributed by atoms with E-state index in [1.165, 1.54) is 18.2 Å². The van der Waals surface area contributed by atoms with E-state index in [1.807, 2.05) is 6.92 Å². The van der Waals surface area contributed by atoms with Crippen molar-refractivity contribution in [2.24, 2.45) is 0 Å². The van der Waals surface area contributed by atoms with Gasteiger partial charge in [-0.1, -0.05) is 13.3 Å². The molecule has 0 fully saturated rings. The highest BCUT2D eigenvalue weighted by atomic mass is 32.2. The molecule has 0 unspecified atom stereocenters. The smallest absolute Gasteiger partial charge is 0.294 e. The fraction of sp³-hybridized carbons (Fsp3) is 0.400. The van der Waals surface area contributed by atoms with Gasteiger partial charge < -0.3 is 10.5 Å². The first-order valence-corrected chi connectivity index (χ1v) is 6.39. The van der Waals surface area contributed by atoms with Gasteiger partial charge in [-0.3, -0.25) is 4.55 Å². The van der Waals surface area contributed by atoms with Crippen molar-refractivity contribution < 1.29 is 17.7 Å². The average Bonchev–Trinajstić information content (AvgIpc) is 2.19. The minimum atomic E-state index is -4.21. The zero-order valence-corrected chi connectivity index (χ0v) is 9.83. The molecule has 0 saturated heterocycles. The number of hydrogen-bond acceptors (Lipinski definition) is 4. The number of benzene rings is 1. The highest BCUT2D eigenvalue weighted by Gasteiger charge is 2.12. The van der Waals surface area contributed by atoms with Crippen molar-refractivity contribution in [1.29, 1.82) is 0 Å². The predicted octanol–water partition coefficient (Wildman–Crippen LogP) is 1.69. The zero-order valence-electron chi connectivity index (χ0n) is 9.01. The summed E-state index contributed by atoms with van der Waals surface area (Å²) in [4.78, 5) is -0.215. The molecule has 0 aliphatic carbocycles. The predicted molar refractivity (Wildman–Crippen MR) is 61.1 cm³/mol. The summed E-state index contributed by atoms with van der Waals surface area (Å²) < 4.78 is 35.9. The summed E-state index contributed by atoms with van der Waals surface area (Å²) in [6.07, 6.45) is 1.83. The Balaban J connectivity index is 2.91. The SMILES string of the molecule is CCCCOc1cc(S(=O)(=O)O)ccc1N. The number of rotatable bonds is 5. The van der Waals surface area contributed by atoms with E-state index in [2.05, 4.69) is 0 Å². The Morgan fingerprint density at radius 3 is 2.69 bits per heavy atom. The zero-order chi connectivity index (χ0) is 12.2. The minimum absolute atomic E-state index is 0.215. The molecule has 1 aromatic rings. The normalized spacial score (nSPS) is 11.4. The maximum atomic E-state index is 10.9. The Morgan fingerprint density at radius 2 is 2.12 bits per heavy atom. The van der Waals surface area contributed by atoms with Crippen molar-refractivity contribution in [1.82, 2.24) is 0 Å². The van der Waals surface area contributed by atoms with Gasteiger partial charge in [0.1, 0.15) is 5.75 Å². The second kappa shape index (κ2) is 5.18. The minimum Gasteiger partial charge on any atom is -0.491 e. The van der Waals surface area contributed by atoms with Crippen LogP contribution in [0.5, 0.6) is 5.75 Å². The first kappa shape index (κ1) is 12.8. The molecule has 0 amide bonds. The molecule has 90 valence electrons. The summed E-state index contributed by atoms with van der Waals surface area (Å²) in [6.45, 7) is 2.48. The first-order valence-electron chi connectivity index (χ1n) is 4.95. The van der Waals surface area contributed by atoms with Crippen LogP contribution in [-0.2, 0) is 10.1 Å². The number of unbranched alkanes of at least 4 members (excludes halogenated alkanes) is 1. The molecule has 0 aliphatic rings. The van der Waals surface area contributed by atoms with Gasteiger partial charge in [0.25, 0.3) is 10.1 Å². The standard InChI is InChI=1S/C10H15NO4S/c1-2-3-6-15-10-7-8(16(12,13)14)4-5-9(10)11/h4-5,7H,2-3,6,11H2,1H3,(H,12,13,14). The summed E-state index contributed by atoms with van der Waals surface area (Å²) in [6, 6.07) is 3.85. The van der Waals surface area contributed by atoms with Gasteiger partial charge in [-0.05, 0) is 18.6 Å². The second-order valence-electron chi connectivity index (χ2n) is 3.38. The third-order valence-electron chi connectivity index (χ3n) is 2.04. The Labute approximate surface area is 95.0 Å². The second-order valence-corrected chi connectivity index (χ2v) is 4.80. The van der Waals surface area contributed by atoms with Gasteiger partial charge >= 0.3 is 0 Å². The van der Waals surface area contributed by atoms with Crippen LogP contribution in [-0.4, -0.2) is 19.6 Å². The molecule has 1 rings (SSSR count). The molecule has 0 atom stereocenters. The van der Waals surface area contributed by atoms with Gasteiger partial charge in [0.2, 0.25) is 0 Å². The maximum Gasteiger partial charge on any atom is 0.294 e. The highest BCUT2D eigenvalue weighted by Crippen LogP contribution is 2.25. The number of ether oxygens (including phenoxy) is 1. The number of hydrogen-bond donors (Lipinski definition) is 2. The fourth-order valence-electron chi connectivity index (χ4n) is 1.13. The topological polar surface area (TPSA) is 89.6 Å². The monoisotopic (exact) mass is 245 g/mol. The fourth-order valence-corrected chi connectivity index (χ4v) is 1.62. The van der Waals surface area contributed by atoms with Gasteiger partial charge in [0.05, 0.1) is 17.2 Å². The van der Waals surface area contributed by atoms with E-state index in [9.17, 15) is 8.42 Å². The van der Waals surface area contributed by atoms with Crippen molar-refractivity contribution in [2.45, 2.75) is 24.7 Å². The molecule has 0 saturated carbocycles. The van der Waals surface area contributed by atoms with Crippen LogP contribution in [0.1, 0.15) is 19.8 Å². The highest BCUT2D eigenvalue weighted by molar-refractivity contribution is 7.85. The van der Waals surface area contributed by atoms with Gasteiger partial charge in [-0.25, -0.2) is 0 Å². The van der Waals surface area contributed by atoms with Crippen LogP contribution < -0.4 is 10.5 Å². The van der Waals surface area contributed by atoms with Crippen molar-refractivity contribution in [3.63, 3.8) is 0 Å². The first-order chi connectivity index (χ1) is 7.45. The molecule has 1 aromatic carbocycles. The van der Waals surface area contributed by atoms with Crippen LogP contribution in [0.3, 0.4) is 0 Å². The Bertz CT molecular complexity index is 456. The quantitative estimate of drug-likeness (QED) is 0.468. The van der Waals surface area contributed by atoms with Crippen LogP contribution in [0.15, 0.2) is 23.1 Å². The molecule has 3 N–H and O–H groups in total. The molecule has 0 bridgehead atoms. The third-order valence-corrected chi connectivity index (χ3v) is 2.89. The van der Waals surface area contributed by atoms with Gasteiger partial charge in [-0.2, -0.15) is 8.42 Å². The van der Waals surface area contributed by atoms with E-state index in [4.69, 9.17) is 15.0 Å². The van der Waals surface area contributed by atoms with Crippen molar-refractivity contribution in [2.75, 3.05) is 12.3 Å². The Hall–Kier alpha value is -1.27. The molecule has 0 spiro atoms. The number of nitrogens with two attached hydrogens (primary N) is 1. The van der Waals surface area contributed by atoms with Gasteiger partial charge in [0.15, 0.2) is 0 Å². The molecule has 6 heteroatoms. The van der Waals surface area contributed by atoms with Crippen molar-refractivity contribution in [3.05, 3.63) is 18.2 Å². The molecule has 5 nitrogen and oxygen atoms in total. The van der Waals surface area contributed by atoms with Crippen LogP contribution in [0.4, 0.5) is 5.69 Å². The van der Waals surface area contributed by atoms with E-state index < -0.39 is 10.1 Å². The summed E-state index contributed by atoms with van der Waals surface area (Å²) in [5.41, 5.74) is 5.96. The van der Waals surface area contributed by atoms with E-state index in [0.717, 1.165) is 12.8 Å². The third kappa shape index (κ3) is 3.39. The number of nitrogen functional groups attached to an aromatic ring is 1. The number of anilines is 1. The molecule has 0 aromatic heterocycles. The van der Waals surface area contributed by atoms with E-state index >= 15 is 0 Å². The van der Waals surface area contributed by atoms with Crippen molar-refractivity contribution in [3.8, 4) is 5.75 Å². The molecule has 0 radical (unpaired) electrons. The lowest BCUT2D eigenvalue weighted by Crippen LogP contribution is -2.03. The summed E-state index contributed by atoms with van der Waals surface area (Å²) in [7, 11) is -4.21. The molecular weight excluding hydrogens is 230 g/mol. The van der Waals surface area contributed by atoms with E-state index in [1.54, 1.807) is 0 Å². The van der Waals surface area contributed by atoms with Gasteiger partial charge in [0, 0.05) is 6.07 Å². The van der Waals surface area contributed by atoms with E-state index in [0.29, 0.717) is 12.3 Å². The molecule has 16 heavy (non-hydrogen) atoms. The molecule has 0 aliphatic heterocycles. The Kier molecular flexibility index (Phi) is 4.14. The summed E-state index contributed by atoms with van der Waals surface area (Å²) in [5.74, 6) is 0.281. The van der Waals surface area contributed by atoms with Gasteiger partial charge in [-0.15, -0.1) is 0 Å². The lowest BCUT2D eigenvalue weighted by molar-refractivity contribution is 0.310. The Morgan fingerprint density at radius 1 is 1.44 bits per heavy atom. The molecule has 0 heterocycles. The maximum absolute atomic E-state index is 10.9. The van der Waals surface area contributed by atoms with Crippen LogP contribution >= 0.6 is 0 Å². The lowest BCUT2D eigenvalue weighted by Gasteiger charge is -2.09. The largest absolute Gasteiger partial charge is 0.491 e. The average molecular weight is 245 g/mol. The van der Waals surface area contributed by atoms with E-state index in [-0.39, 0.29) is 10.6 Å². The summed E-state index contributed by atoms with van der Waals surface area (Å²) in [5, 5.41) is 0. The van der Waals surface area contributed by atoms with Crippen LogP contribution in [0.2, 0.25) is 0 Å². The molecular formula is C10H15NO4S. The van der Waals surface area contributed by atoms with Crippen LogP contribution in [0, 0.1) is 0 Å². The van der Waals surface area contributed by atoms with Crippen LogP contribution in [0.25, 0.3) is 0 Å².